The molecule has 0 radical (unpaired) electrons. The van der Waals surface area contributed by atoms with Crippen molar-refractivity contribution in [3.05, 3.63) is 35.6 Å². The topological polar surface area (TPSA) is 29.3 Å². The molecule has 14 heavy (non-hydrogen) atoms. The third-order valence-electron chi connectivity index (χ3n) is 2.99. The average molecular weight is 194 g/mol. The molecule has 0 unspecified atom stereocenters. The van der Waals surface area contributed by atoms with E-state index >= 15 is 0 Å². The van der Waals surface area contributed by atoms with E-state index < -0.39 is 0 Å². The van der Waals surface area contributed by atoms with Gasteiger partial charge in [-0.15, -0.1) is 0 Å². The number of nitrogens with two attached hydrogens (primary N) is 1. The Morgan fingerprint density at radius 1 is 1.36 bits per heavy atom. The number of hydrogen-bond donors (Lipinski definition) is 1. The number of hydrogen-bond acceptors (Lipinski definition) is 2. The summed E-state index contributed by atoms with van der Waals surface area (Å²) in [7, 11) is 2.07. The molecule has 0 bridgehead atoms. The van der Waals surface area contributed by atoms with Crippen LogP contribution in [0.2, 0.25) is 0 Å². The van der Waals surface area contributed by atoms with Crippen molar-refractivity contribution in [1.29, 1.82) is 0 Å². The highest BCUT2D eigenvalue weighted by atomic mass is 19.1. The monoisotopic (exact) mass is 194 g/mol. The summed E-state index contributed by atoms with van der Waals surface area (Å²) in [6.45, 7) is 2.56. The van der Waals surface area contributed by atoms with Gasteiger partial charge < -0.3 is 10.6 Å². The fourth-order valence-corrected chi connectivity index (χ4v) is 2.22. The van der Waals surface area contributed by atoms with Crippen molar-refractivity contribution in [2.24, 2.45) is 5.73 Å². The maximum Gasteiger partial charge on any atom is 0.123 e. The maximum atomic E-state index is 12.7. The van der Waals surface area contributed by atoms with Crippen molar-refractivity contribution in [3.8, 4) is 0 Å². The van der Waals surface area contributed by atoms with Crippen molar-refractivity contribution in [1.82, 2.24) is 4.90 Å². The molecule has 2 rings (SSSR count). The molecular weight excluding hydrogens is 179 g/mol. The molecule has 76 valence electrons. The van der Waals surface area contributed by atoms with Crippen molar-refractivity contribution in [2.45, 2.75) is 5.41 Å². The minimum atomic E-state index is -0.186. The molecule has 2 N–H and O–H groups in total. The highest BCUT2D eigenvalue weighted by Gasteiger charge is 2.41. The Morgan fingerprint density at radius 3 is 2.36 bits per heavy atom. The summed E-state index contributed by atoms with van der Waals surface area (Å²) in [6.07, 6.45) is 0. The second kappa shape index (κ2) is 3.33. The molecule has 0 atom stereocenters. The Kier molecular flexibility index (Phi) is 2.29. The molecule has 1 aromatic rings. The first-order valence-electron chi connectivity index (χ1n) is 4.81. The van der Waals surface area contributed by atoms with Crippen LogP contribution in [0.15, 0.2) is 24.3 Å². The highest BCUT2D eigenvalue weighted by molar-refractivity contribution is 5.30. The zero-order valence-electron chi connectivity index (χ0n) is 8.33. The molecule has 3 heteroatoms. The Labute approximate surface area is 83.5 Å². The minimum Gasteiger partial charge on any atom is -0.329 e. The lowest BCUT2D eigenvalue weighted by atomic mass is 9.74. The van der Waals surface area contributed by atoms with E-state index in [1.165, 1.54) is 12.1 Å². The van der Waals surface area contributed by atoms with Gasteiger partial charge in [-0.25, -0.2) is 4.39 Å². The number of nitrogens with zero attached hydrogens (tertiary/aromatic N) is 1. The SMILES string of the molecule is CN1CC(CN)(c2ccc(F)cc2)C1. The molecule has 0 saturated carbocycles. The molecule has 1 aliphatic rings. The van der Waals surface area contributed by atoms with Crippen LogP contribution in [0.1, 0.15) is 5.56 Å². The van der Waals surface area contributed by atoms with Gasteiger partial charge in [0.1, 0.15) is 5.82 Å². The van der Waals surface area contributed by atoms with Crippen LogP contribution in [0.4, 0.5) is 4.39 Å². The van der Waals surface area contributed by atoms with Crippen LogP contribution in [0, 0.1) is 5.82 Å². The number of likely N-dealkylation sites (N-methyl/N-ethyl adjacent to an activating group) is 1. The molecule has 0 spiro atoms. The highest BCUT2D eigenvalue weighted by Crippen LogP contribution is 2.32. The summed E-state index contributed by atoms with van der Waals surface area (Å²) in [5, 5.41) is 0. The largest absolute Gasteiger partial charge is 0.329 e. The van der Waals surface area contributed by atoms with Gasteiger partial charge in [-0.05, 0) is 24.7 Å². The second-order valence-electron chi connectivity index (χ2n) is 4.16. The molecule has 1 heterocycles. The molecule has 2 nitrogen and oxygen atoms in total. The quantitative estimate of drug-likeness (QED) is 0.760. The number of halogens is 1. The van der Waals surface area contributed by atoms with Crippen LogP contribution < -0.4 is 5.73 Å². The fraction of sp³-hybridized carbons (Fsp3) is 0.455. The predicted molar refractivity (Wildman–Crippen MR) is 54.6 cm³/mol. The standard InChI is InChI=1S/C11H15FN2/c1-14-7-11(6-13,8-14)9-2-4-10(12)5-3-9/h2-5H,6-8,13H2,1H3. The van der Waals surface area contributed by atoms with E-state index in [0.29, 0.717) is 6.54 Å². The van der Waals surface area contributed by atoms with E-state index in [1.54, 1.807) is 0 Å². The number of benzene rings is 1. The molecule has 1 aliphatic heterocycles. The molecule has 1 fully saturated rings. The van der Waals surface area contributed by atoms with Gasteiger partial charge in [-0.1, -0.05) is 12.1 Å². The van der Waals surface area contributed by atoms with Crippen LogP contribution in [-0.2, 0) is 5.41 Å². The Bertz CT molecular complexity index is 315. The molecule has 0 amide bonds. The summed E-state index contributed by atoms with van der Waals surface area (Å²) in [5.41, 5.74) is 6.99. The van der Waals surface area contributed by atoms with Crippen molar-refractivity contribution in [2.75, 3.05) is 26.7 Å². The zero-order valence-corrected chi connectivity index (χ0v) is 8.33. The van der Waals surface area contributed by atoms with Crippen molar-refractivity contribution < 1.29 is 4.39 Å². The van der Waals surface area contributed by atoms with Gasteiger partial charge in [0.25, 0.3) is 0 Å². The van der Waals surface area contributed by atoms with E-state index in [9.17, 15) is 4.39 Å². The van der Waals surface area contributed by atoms with Gasteiger partial charge in [-0.2, -0.15) is 0 Å². The third-order valence-corrected chi connectivity index (χ3v) is 2.99. The van der Waals surface area contributed by atoms with Crippen LogP contribution in [0.25, 0.3) is 0 Å². The predicted octanol–water partition coefficient (Wildman–Crippen LogP) is 0.968. The first-order chi connectivity index (χ1) is 6.66. The summed E-state index contributed by atoms with van der Waals surface area (Å²) in [5.74, 6) is -0.186. The van der Waals surface area contributed by atoms with Gasteiger partial charge in [-0.3, -0.25) is 0 Å². The lowest BCUT2D eigenvalue weighted by Crippen LogP contribution is -2.61. The Morgan fingerprint density at radius 2 is 1.93 bits per heavy atom. The summed E-state index contributed by atoms with van der Waals surface area (Å²) in [4.78, 5) is 2.22. The zero-order chi connectivity index (χ0) is 10.2. The van der Waals surface area contributed by atoms with E-state index in [4.69, 9.17) is 5.73 Å². The van der Waals surface area contributed by atoms with Crippen LogP contribution in [0.3, 0.4) is 0 Å². The van der Waals surface area contributed by atoms with Gasteiger partial charge >= 0.3 is 0 Å². The number of likely N-dealkylation sites (tertiary alicyclic amines) is 1. The molecule has 1 saturated heterocycles. The van der Waals surface area contributed by atoms with E-state index in [2.05, 4.69) is 11.9 Å². The van der Waals surface area contributed by atoms with Crippen LogP contribution in [-0.4, -0.2) is 31.6 Å². The van der Waals surface area contributed by atoms with Crippen LogP contribution in [0.5, 0.6) is 0 Å². The fourth-order valence-electron chi connectivity index (χ4n) is 2.22. The Hall–Kier alpha value is -0.930. The molecule has 0 aliphatic carbocycles. The van der Waals surface area contributed by atoms with Gasteiger partial charge in [0, 0.05) is 25.0 Å². The van der Waals surface area contributed by atoms with Gasteiger partial charge in [0.05, 0.1) is 0 Å². The average Bonchev–Trinajstić information content (AvgIpc) is 2.14. The maximum absolute atomic E-state index is 12.7. The molecule has 1 aromatic carbocycles. The summed E-state index contributed by atoms with van der Waals surface area (Å²) >= 11 is 0. The number of rotatable bonds is 2. The van der Waals surface area contributed by atoms with Crippen LogP contribution >= 0.6 is 0 Å². The summed E-state index contributed by atoms with van der Waals surface area (Å²) in [6, 6.07) is 6.69. The van der Waals surface area contributed by atoms with Crippen molar-refractivity contribution >= 4 is 0 Å². The molecule has 0 aromatic heterocycles. The second-order valence-corrected chi connectivity index (χ2v) is 4.16. The third kappa shape index (κ3) is 1.42. The van der Waals surface area contributed by atoms with E-state index in [0.717, 1.165) is 18.7 Å². The van der Waals surface area contributed by atoms with Gasteiger partial charge in [0.2, 0.25) is 0 Å². The van der Waals surface area contributed by atoms with E-state index in [1.807, 2.05) is 12.1 Å². The normalized spacial score (nSPS) is 20.5. The van der Waals surface area contributed by atoms with E-state index in [-0.39, 0.29) is 11.2 Å². The smallest absolute Gasteiger partial charge is 0.123 e. The lowest BCUT2D eigenvalue weighted by molar-refractivity contribution is 0.100. The lowest BCUT2D eigenvalue weighted by Gasteiger charge is -2.48. The molecular formula is C11H15FN2. The Balaban J connectivity index is 2.25. The first-order valence-corrected chi connectivity index (χ1v) is 4.81. The first kappa shape index (κ1) is 9.62. The van der Waals surface area contributed by atoms with Gasteiger partial charge in [0.15, 0.2) is 0 Å². The summed E-state index contributed by atoms with van der Waals surface area (Å²) < 4.78 is 12.7. The minimum absolute atomic E-state index is 0.0580. The van der Waals surface area contributed by atoms with Crippen molar-refractivity contribution in [3.63, 3.8) is 0 Å².